The lowest BCUT2D eigenvalue weighted by Gasteiger charge is -2.13. The number of nitrogens with one attached hydrogen (secondary N) is 2. The summed E-state index contributed by atoms with van der Waals surface area (Å²) in [6, 6.07) is 36.3. The van der Waals surface area contributed by atoms with E-state index < -0.39 is 0 Å². The Balaban J connectivity index is 1.18. The number of para-hydroxylation sites is 2. The molecule has 48 heavy (non-hydrogen) atoms. The summed E-state index contributed by atoms with van der Waals surface area (Å²) in [6.07, 6.45) is 0. The topological polar surface area (TPSA) is 96.9 Å². The Morgan fingerprint density at radius 2 is 0.896 bits per heavy atom. The summed E-state index contributed by atoms with van der Waals surface area (Å²) < 4.78 is 0. The van der Waals surface area contributed by atoms with Gasteiger partial charge in [0.15, 0.2) is 0 Å². The van der Waals surface area contributed by atoms with E-state index in [4.69, 9.17) is 9.97 Å². The number of aromatic nitrogens is 3. The molecule has 7 aromatic rings. The highest BCUT2D eigenvalue weighted by Gasteiger charge is 2.18. The van der Waals surface area contributed by atoms with Crippen LogP contribution in [0.2, 0.25) is 0 Å². The number of aryl methyl sites for hydroxylation is 4. The number of carbonyl (C=O) groups is 2. The van der Waals surface area contributed by atoms with Gasteiger partial charge in [-0.25, -0.2) is 15.0 Å². The van der Waals surface area contributed by atoms with E-state index >= 15 is 0 Å². The first-order valence-corrected chi connectivity index (χ1v) is 15.8. The second kappa shape index (κ2) is 12.5. The third kappa shape index (κ3) is 6.01. The van der Waals surface area contributed by atoms with E-state index in [9.17, 15) is 9.59 Å². The van der Waals surface area contributed by atoms with Gasteiger partial charge in [-0.05, 0) is 98.5 Å². The molecule has 0 aliphatic carbocycles. The van der Waals surface area contributed by atoms with Crippen molar-refractivity contribution in [2.75, 3.05) is 10.6 Å². The Bertz CT molecular complexity index is 2230. The number of nitrogens with zero attached hydrogens (tertiary/aromatic N) is 3. The van der Waals surface area contributed by atoms with Crippen LogP contribution in [-0.2, 0) is 0 Å². The first-order valence-electron chi connectivity index (χ1n) is 15.8. The lowest BCUT2D eigenvalue weighted by atomic mass is 10.0. The van der Waals surface area contributed by atoms with Crippen molar-refractivity contribution < 1.29 is 9.59 Å². The van der Waals surface area contributed by atoms with Crippen LogP contribution >= 0.6 is 0 Å². The molecule has 3 aromatic heterocycles. The van der Waals surface area contributed by atoms with E-state index in [1.54, 1.807) is 18.2 Å². The number of anilines is 2. The predicted octanol–water partition coefficient (Wildman–Crippen LogP) is 9.25. The van der Waals surface area contributed by atoms with Crippen molar-refractivity contribution in [3.8, 4) is 22.5 Å². The molecule has 7 nitrogen and oxygen atoms in total. The number of pyridine rings is 3. The van der Waals surface area contributed by atoms with Crippen LogP contribution in [0.25, 0.3) is 44.3 Å². The lowest BCUT2D eigenvalue weighted by molar-refractivity contribution is 0.102. The van der Waals surface area contributed by atoms with Gasteiger partial charge in [0, 0.05) is 21.9 Å². The average molecular weight is 628 g/mol. The Hall–Kier alpha value is -6.21. The highest BCUT2D eigenvalue weighted by Crippen LogP contribution is 2.29. The molecular weight excluding hydrogens is 594 g/mol. The predicted molar refractivity (Wildman–Crippen MR) is 193 cm³/mol. The van der Waals surface area contributed by atoms with Crippen molar-refractivity contribution in [3.05, 3.63) is 149 Å². The van der Waals surface area contributed by atoms with Crippen molar-refractivity contribution in [1.82, 2.24) is 15.0 Å². The molecule has 7 rings (SSSR count). The van der Waals surface area contributed by atoms with Gasteiger partial charge < -0.3 is 10.6 Å². The van der Waals surface area contributed by atoms with Crippen molar-refractivity contribution >= 4 is 45.3 Å². The second-order valence-electron chi connectivity index (χ2n) is 12.1. The summed E-state index contributed by atoms with van der Waals surface area (Å²) >= 11 is 0. The van der Waals surface area contributed by atoms with E-state index in [2.05, 4.69) is 67.6 Å². The number of hydrogen-bond acceptors (Lipinski definition) is 5. The van der Waals surface area contributed by atoms with Crippen molar-refractivity contribution in [3.63, 3.8) is 0 Å². The zero-order valence-corrected chi connectivity index (χ0v) is 27.1. The summed E-state index contributed by atoms with van der Waals surface area (Å²) in [5.41, 5.74) is 10.4. The maximum atomic E-state index is 13.8. The molecule has 7 heteroatoms. The Kier molecular flexibility index (Phi) is 7.95. The van der Waals surface area contributed by atoms with E-state index in [1.807, 2.05) is 72.8 Å². The minimum Gasteiger partial charge on any atom is -0.306 e. The van der Waals surface area contributed by atoms with Gasteiger partial charge >= 0.3 is 0 Å². The molecule has 0 radical (unpaired) electrons. The van der Waals surface area contributed by atoms with Gasteiger partial charge in [0.2, 0.25) is 0 Å². The largest absolute Gasteiger partial charge is 0.306 e. The minimum absolute atomic E-state index is 0.307. The maximum Gasteiger partial charge on any atom is 0.257 e. The van der Waals surface area contributed by atoms with Gasteiger partial charge in [-0.2, -0.15) is 0 Å². The highest BCUT2D eigenvalue weighted by atomic mass is 16.2. The normalized spacial score (nSPS) is 11.1. The van der Waals surface area contributed by atoms with Gasteiger partial charge in [0.1, 0.15) is 11.6 Å². The third-order valence-electron chi connectivity index (χ3n) is 8.76. The van der Waals surface area contributed by atoms with Crippen LogP contribution in [0.15, 0.2) is 115 Å². The molecule has 0 aliphatic heterocycles. The van der Waals surface area contributed by atoms with Crippen LogP contribution in [0, 0.1) is 27.7 Å². The average Bonchev–Trinajstić information content (AvgIpc) is 3.09. The monoisotopic (exact) mass is 627 g/mol. The van der Waals surface area contributed by atoms with Crippen LogP contribution in [0.3, 0.4) is 0 Å². The molecule has 0 fully saturated rings. The fourth-order valence-electron chi connectivity index (χ4n) is 5.77. The summed E-state index contributed by atoms with van der Waals surface area (Å²) in [7, 11) is 0. The van der Waals surface area contributed by atoms with E-state index in [0.29, 0.717) is 34.2 Å². The van der Waals surface area contributed by atoms with Crippen molar-refractivity contribution in [2.45, 2.75) is 27.7 Å². The Morgan fingerprint density at radius 1 is 0.458 bits per heavy atom. The first-order chi connectivity index (χ1) is 23.2. The number of hydrogen-bond donors (Lipinski definition) is 2. The second-order valence-corrected chi connectivity index (χ2v) is 12.1. The fourth-order valence-corrected chi connectivity index (χ4v) is 5.77. The quantitative estimate of drug-likeness (QED) is 0.192. The molecule has 2 N–H and O–H groups in total. The van der Waals surface area contributed by atoms with Crippen molar-refractivity contribution in [1.29, 1.82) is 0 Å². The Labute approximate surface area is 278 Å². The molecular formula is C41H33N5O2. The molecule has 3 heterocycles. The van der Waals surface area contributed by atoms with Gasteiger partial charge in [-0.15, -0.1) is 0 Å². The molecule has 0 saturated heterocycles. The lowest BCUT2D eigenvalue weighted by Crippen LogP contribution is -2.17. The standard InChI is InChI=1S/C41H33N5O2/c1-24-16-18-28(20-26(24)3)36-22-32(30-10-5-7-12-34(30)42-36)40(47)45-38-14-9-15-39(44-38)46-41(48)33-23-37(29-19-17-25(2)27(4)21-29)43-35-13-8-6-11-31(33)35/h5-23H,1-4H3,(H2,44,45,46,47,48). The van der Waals surface area contributed by atoms with Gasteiger partial charge in [-0.3, -0.25) is 9.59 Å². The van der Waals surface area contributed by atoms with Gasteiger partial charge in [0.05, 0.1) is 33.5 Å². The minimum atomic E-state index is -0.326. The van der Waals surface area contributed by atoms with Crippen LogP contribution < -0.4 is 10.6 Å². The molecule has 0 unspecified atom stereocenters. The van der Waals surface area contributed by atoms with Crippen LogP contribution in [0.5, 0.6) is 0 Å². The first kappa shape index (κ1) is 30.4. The number of carbonyl (C=O) groups excluding carboxylic acids is 2. The molecule has 0 saturated carbocycles. The van der Waals surface area contributed by atoms with Crippen LogP contribution in [-0.4, -0.2) is 26.8 Å². The zero-order chi connectivity index (χ0) is 33.4. The smallest absolute Gasteiger partial charge is 0.257 e. The molecule has 0 bridgehead atoms. The van der Waals surface area contributed by atoms with Crippen LogP contribution in [0.1, 0.15) is 43.0 Å². The number of amides is 2. The number of fused-ring (bicyclic) bond motifs is 2. The summed E-state index contributed by atoms with van der Waals surface area (Å²) in [5, 5.41) is 7.33. The maximum absolute atomic E-state index is 13.8. The van der Waals surface area contributed by atoms with Gasteiger partial charge in [-0.1, -0.05) is 66.7 Å². The molecule has 234 valence electrons. The van der Waals surface area contributed by atoms with E-state index in [1.165, 1.54) is 11.1 Å². The van der Waals surface area contributed by atoms with Gasteiger partial charge in [0.25, 0.3) is 11.8 Å². The highest BCUT2D eigenvalue weighted by molar-refractivity contribution is 6.14. The third-order valence-corrected chi connectivity index (χ3v) is 8.76. The number of benzene rings is 4. The fraction of sp³-hybridized carbons (Fsp3) is 0.0976. The van der Waals surface area contributed by atoms with Crippen LogP contribution in [0.4, 0.5) is 11.6 Å². The molecule has 4 aromatic carbocycles. The molecule has 0 aliphatic rings. The molecule has 0 atom stereocenters. The van der Waals surface area contributed by atoms with E-state index in [0.717, 1.165) is 44.1 Å². The summed E-state index contributed by atoms with van der Waals surface area (Å²) in [4.78, 5) is 41.8. The zero-order valence-electron chi connectivity index (χ0n) is 27.1. The summed E-state index contributed by atoms with van der Waals surface area (Å²) in [6.45, 7) is 8.26. The summed E-state index contributed by atoms with van der Waals surface area (Å²) in [5.74, 6) is -0.0377. The van der Waals surface area contributed by atoms with Crippen molar-refractivity contribution in [2.24, 2.45) is 0 Å². The SMILES string of the molecule is Cc1ccc(-c2cc(C(=O)Nc3cccc(NC(=O)c4cc(-c5ccc(C)c(C)c5)nc5ccccc45)n3)c3ccccc3n2)cc1C. The Morgan fingerprint density at radius 3 is 1.33 bits per heavy atom. The molecule has 0 spiro atoms. The van der Waals surface area contributed by atoms with E-state index in [-0.39, 0.29) is 11.8 Å². The number of rotatable bonds is 6. The molecule has 2 amide bonds.